The molecule has 1 fully saturated rings. The van der Waals surface area contributed by atoms with Crippen molar-refractivity contribution in [2.75, 3.05) is 13.1 Å². The predicted octanol–water partition coefficient (Wildman–Crippen LogP) is 3.85. The van der Waals surface area contributed by atoms with Crippen molar-refractivity contribution >= 4 is 22.5 Å². The van der Waals surface area contributed by atoms with Crippen LogP contribution in [0.25, 0.3) is 16.6 Å². The van der Waals surface area contributed by atoms with Crippen molar-refractivity contribution in [2.24, 2.45) is 0 Å². The van der Waals surface area contributed by atoms with Crippen LogP contribution < -0.4 is 5.56 Å². The van der Waals surface area contributed by atoms with E-state index in [1.165, 1.54) is 12.1 Å². The van der Waals surface area contributed by atoms with Crippen molar-refractivity contribution in [3.8, 4) is 0 Å². The molecule has 158 valence electrons. The van der Waals surface area contributed by atoms with E-state index in [2.05, 4.69) is 5.10 Å². The van der Waals surface area contributed by atoms with E-state index in [1.807, 2.05) is 17.0 Å². The van der Waals surface area contributed by atoms with Crippen molar-refractivity contribution < 1.29 is 9.18 Å². The smallest absolute Gasteiger partial charge is 0.277 e. The molecule has 6 nitrogen and oxygen atoms in total. The molecule has 1 aliphatic rings. The highest BCUT2D eigenvalue weighted by Gasteiger charge is 2.19. The van der Waals surface area contributed by atoms with Gasteiger partial charge in [0, 0.05) is 18.7 Å². The van der Waals surface area contributed by atoms with Gasteiger partial charge in [-0.05, 0) is 54.8 Å². The number of fused-ring (bicyclic) bond motifs is 3. The zero-order chi connectivity index (χ0) is 21.4. The summed E-state index contributed by atoms with van der Waals surface area (Å²) in [6.07, 6.45) is 5.92. The van der Waals surface area contributed by atoms with Crippen LogP contribution in [-0.2, 0) is 6.54 Å². The maximum absolute atomic E-state index is 13.3. The van der Waals surface area contributed by atoms with E-state index in [-0.39, 0.29) is 23.8 Å². The molecule has 0 radical (unpaired) electrons. The van der Waals surface area contributed by atoms with Gasteiger partial charge in [0.1, 0.15) is 11.3 Å². The standard InChI is InChI=1S/C24H23FN4O2/c25-19-8-5-17(6-9-19)16-28-22-15-18(23(30)27-13-3-1-2-4-14-27)7-10-20(22)29-21(24(28)31)11-12-26-29/h5-12,15H,1-4,13-14,16H2. The van der Waals surface area contributed by atoms with Gasteiger partial charge in [-0.25, -0.2) is 8.91 Å². The summed E-state index contributed by atoms with van der Waals surface area (Å²) in [6, 6.07) is 13.2. The molecule has 0 aliphatic carbocycles. The minimum absolute atomic E-state index is 0.00913. The van der Waals surface area contributed by atoms with Gasteiger partial charge in [0.15, 0.2) is 0 Å². The Kier molecular flexibility index (Phi) is 5.02. The number of amides is 1. The number of likely N-dealkylation sites (tertiary alicyclic amines) is 1. The molecule has 3 heterocycles. The molecule has 4 aromatic rings. The number of carbonyl (C=O) groups is 1. The van der Waals surface area contributed by atoms with Gasteiger partial charge in [0.2, 0.25) is 0 Å². The summed E-state index contributed by atoms with van der Waals surface area (Å²) in [7, 11) is 0. The van der Waals surface area contributed by atoms with Gasteiger partial charge in [-0.1, -0.05) is 25.0 Å². The fourth-order valence-electron chi connectivity index (χ4n) is 4.34. The molecule has 2 aromatic carbocycles. The first kappa shape index (κ1) is 19.5. The van der Waals surface area contributed by atoms with Gasteiger partial charge in [0.05, 0.1) is 23.8 Å². The number of hydrogen-bond donors (Lipinski definition) is 0. The van der Waals surface area contributed by atoms with Crippen LogP contribution in [0.2, 0.25) is 0 Å². The second kappa shape index (κ2) is 7.98. The Balaban J connectivity index is 1.64. The lowest BCUT2D eigenvalue weighted by atomic mass is 10.1. The van der Waals surface area contributed by atoms with Gasteiger partial charge < -0.3 is 9.47 Å². The molecule has 0 spiro atoms. The first-order valence-corrected chi connectivity index (χ1v) is 10.7. The average Bonchev–Trinajstić information content (AvgIpc) is 3.13. The second-order valence-electron chi connectivity index (χ2n) is 8.06. The van der Waals surface area contributed by atoms with Gasteiger partial charge >= 0.3 is 0 Å². The number of hydrogen-bond acceptors (Lipinski definition) is 3. The highest BCUT2D eigenvalue weighted by Crippen LogP contribution is 2.20. The first-order chi connectivity index (χ1) is 15.1. The molecular formula is C24H23FN4O2. The Morgan fingerprint density at radius 2 is 1.65 bits per heavy atom. The molecule has 0 N–H and O–H groups in total. The van der Waals surface area contributed by atoms with Gasteiger partial charge in [-0.3, -0.25) is 9.59 Å². The molecule has 2 aromatic heterocycles. The third-order valence-corrected chi connectivity index (χ3v) is 6.00. The van der Waals surface area contributed by atoms with E-state index in [0.29, 0.717) is 16.6 Å². The fourth-order valence-corrected chi connectivity index (χ4v) is 4.34. The maximum atomic E-state index is 13.3. The lowest BCUT2D eigenvalue weighted by molar-refractivity contribution is 0.0762. The van der Waals surface area contributed by atoms with Crippen LogP contribution in [0.5, 0.6) is 0 Å². The summed E-state index contributed by atoms with van der Waals surface area (Å²) in [5.41, 5.74) is 3.00. The molecule has 7 heteroatoms. The Morgan fingerprint density at radius 3 is 2.39 bits per heavy atom. The van der Waals surface area contributed by atoms with Crippen LogP contribution in [0.15, 0.2) is 59.5 Å². The largest absolute Gasteiger partial charge is 0.339 e. The molecular weight excluding hydrogens is 395 g/mol. The number of carbonyl (C=O) groups excluding carboxylic acids is 1. The van der Waals surface area contributed by atoms with Crippen LogP contribution >= 0.6 is 0 Å². The van der Waals surface area contributed by atoms with E-state index in [9.17, 15) is 14.0 Å². The zero-order valence-corrected chi connectivity index (χ0v) is 17.1. The molecule has 1 aliphatic heterocycles. The normalized spacial score (nSPS) is 14.8. The van der Waals surface area contributed by atoms with E-state index in [1.54, 1.807) is 39.5 Å². The molecule has 0 bridgehead atoms. The predicted molar refractivity (Wildman–Crippen MR) is 117 cm³/mol. The Bertz CT molecular complexity index is 1320. The van der Waals surface area contributed by atoms with Crippen LogP contribution in [0.4, 0.5) is 4.39 Å². The zero-order valence-electron chi connectivity index (χ0n) is 17.1. The number of halogens is 1. The number of benzene rings is 2. The van der Waals surface area contributed by atoms with Gasteiger partial charge in [-0.15, -0.1) is 0 Å². The quantitative estimate of drug-likeness (QED) is 0.508. The molecule has 31 heavy (non-hydrogen) atoms. The van der Waals surface area contributed by atoms with E-state index in [4.69, 9.17) is 0 Å². The molecule has 1 saturated heterocycles. The first-order valence-electron chi connectivity index (χ1n) is 10.7. The Hall–Kier alpha value is -3.48. The lowest BCUT2D eigenvalue weighted by Crippen LogP contribution is -2.32. The van der Waals surface area contributed by atoms with Gasteiger partial charge in [-0.2, -0.15) is 5.10 Å². The molecule has 0 saturated carbocycles. The summed E-state index contributed by atoms with van der Waals surface area (Å²) >= 11 is 0. The summed E-state index contributed by atoms with van der Waals surface area (Å²) in [6.45, 7) is 1.80. The van der Waals surface area contributed by atoms with Crippen LogP contribution in [0, 0.1) is 5.82 Å². The third kappa shape index (κ3) is 3.60. The van der Waals surface area contributed by atoms with E-state index >= 15 is 0 Å². The van der Waals surface area contributed by atoms with Crippen molar-refractivity contribution in [1.29, 1.82) is 0 Å². The third-order valence-electron chi connectivity index (χ3n) is 6.00. The summed E-state index contributed by atoms with van der Waals surface area (Å²) in [5, 5.41) is 4.30. The fraction of sp³-hybridized carbons (Fsp3) is 0.292. The van der Waals surface area contributed by atoms with Gasteiger partial charge in [0.25, 0.3) is 11.5 Å². The van der Waals surface area contributed by atoms with Crippen molar-refractivity contribution in [3.63, 3.8) is 0 Å². The number of nitrogens with zero attached hydrogens (tertiary/aromatic N) is 4. The monoisotopic (exact) mass is 418 g/mol. The average molecular weight is 418 g/mol. The summed E-state index contributed by atoms with van der Waals surface area (Å²) < 4.78 is 16.6. The molecule has 0 unspecified atom stereocenters. The maximum Gasteiger partial charge on any atom is 0.277 e. The Morgan fingerprint density at radius 1 is 0.903 bits per heavy atom. The van der Waals surface area contributed by atoms with Crippen molar-refractivity contribution in [1.82, 2.24) is 19.1 Å². The highest BCUT2D eigenvalue weighted by atomic mass is 19.1. The van der Waals surface area contributed by atoms with E-state index < -0.39 is 0 Å². The van der Waals surface area contributed by atoms with Crippen molar-refractivity contribution in [2.45, 2.75) is 32.2 Å². The number of rotatable bonds is 3. The topological polar surface area (TPSA) is 59.6 Å². The lowest BCUT2D eigenvalue weighted by Gasteiger charge is -2.21. The second-order valence-corrected chi connectivity index (χ2v) is 8.06. The van der Waals surface area contributed by atoms with Crippen LogP contribution in [-0.4, -0.2) is 38.1 Å². The summed E-state index contributed by atoms with van der Waals surface area (Å²) in [5.74, 6) is -0.331. The SMILES string of the molecule is O=C(c1ccc2c(c1)n(Cc1ccc(F)cc1)c(=O)c1ccnn12)N1CCCCCC1. The number of aromatic nitrogens is 3. The Labute approximate surface area is 178 Å². The minimum atomic E-state index is -0.322. The van der Waals surface area contributed by atoms with Crippen LogP contribution in [0.1, 0.15) is 41.6 Å². The van der Waals surface area contributed by atoms with Crippen molar-refractivity contribution in [3.05, 3.63) is 82.0 Å². The van der Waals surface area contributed by atoms with E-state index in [0.717, 1.165) is 49.9 Å². The molecule has 0 atom stereocenters. The molecule has 1 amide bonds. The highest BCUT2D eigenvalue weighted by molar-refractivity contribution is 5.97. The molecule has 5 rings (SSSR count). The summed E-state index contributed by atoms with van der Waals surface area (Å²) in [4.78, 5) is 28.3. The van der Waals surface area contributed by atoms with Crippen LogP contribution in [0.3, 0.4) is 0 Å². The minimum Gasteiger partial charge on any atom is -0.339 e.